The Bertz CT molecular complexity index is 1380. The number of fused-ring (bicyclic) bond motifs is 3. The van der Waals surface area contributed by atoms with Crippen LogP contribution in [0.1, 0.15) is 28.1 Å². The van der Waals surface area contributed by atoms with Crippen molar-refractivity contribution in [2.24, 2.45) is 0 Å². The van der Waals surface area contributed by atoms with Crippen molar-refractivity contribution in [3.05, 3.63) is 86.0 Å². The summed E-state index contributed by atoms with van der Waals surface area (Å²) in [5.74, 6) is 2.32. The van der Waals surface area contributed by atoms with Crippen molar-refractivity contribution in [1.29, 1.82) is 0 Å². The summed E-state index contributed by atoms with van der Waals surface area (Å²) in [6.45, 7) is 0. The van der Waals surface area contributed by atoms with Gasteiger partial charge in [0, 0.05) is 26.0 Å². The van der Waals surface area contributed by atoms with Crippen LogP contribution in [0.5, 0.6) is 11.5 Å². The van der Waals surface area contributed by atoms with Crippen molar-refractivity contribution in [2.75, 3.05) is 18.7 Å². The van der Waals surface area contributed by atoms with E-state index in [0.29, 0.717) is 0 Å². The van der Waals surface area contributed by atoms with Gasteiger partial charge in [-0.15, -0.1) is 16.4 Å². The molecule has 2 aromatic heterocycles. The van der Waals surface area contributed by atoms with Crippen LogP contribution >= 0.6 is 39.0 Å². The van der Waals surface area contributed by atoms with Gasteiger partial charge in [-0.1, -0.05) is 45.9 Å². The molecule has 166 valence electrons. The normalized spacial score (nSPS) is 18.6. The van der Waals surface area contributed by atoms with Gasteiger partial charge in [-0.05, 0) is 48.0 Å². The first-order chi connectivity index (χ1) is 16.2. The van der Waals surface area contributed by atoms with Crippen LogP contribution in [0.25, 0.3) is 5.70 Å². The molecule has 0 fully saturated rings. The maximum Gasteiger partial charge on any atom is 0.227 e. The highest BCUT2D eigenvalue weighted by molar-refractivity contribution is 9.10. The summed E-state index contributed by atoms with van der Waals surface area (Å²) in [5.41, 5.74) is 4.05. The van der Waals surface area contributed by atoms with Crippen LogP contribution in [-0.4, -0.2) is 28.1 Å². The quantitative estimate of drug-likeness (QED) is 0.303. The topological polar surface area (TPSA) is 61.2 Å². The number of hydrogen-bond donors (Lipinski definition) is 1. The van der Waals surface area contributed by atoms with Gasteiger partial charge in [-0.25, -0.2) is 4.68 Å². The number of para-hydroxylation sites is 1. The molecule has 4 heterocycles. The van der Waals surface area contributed by atoms with Gasteiger partial charge < -0.3 is 14.8 Å². The molecule has 2 atom stereocenters. The van der Waals surface area contributed by atoms with E-state index in [1.807, 2.05) is 41.3 Å². The van der Waals surface area contributed by atoms with Crippen molar-refractivity contribution >= 4 is 50.7 Å². The van der Waals surface area contributed by atoms with Gasteiger partial charge in [0.2, 0.25) is 11.1 Å². The molecule has 6 rings (SSSR count). The Hall–Kier alpha value is -2.75. The van der Waals surface area contributed by atoms with Crippen LogP contribution in [0.15, 0.2) is 75.2 Å². The Kier molecular flexibility index (Phi) is 5.20. The van der Waals surface area contributed by atoms with Gasteiger partial charge in [-0.3, -0.25) is 0 Å². The molecule has 0 spiro atoms. The summed E-state index contributed by atoms with van der Waals surface area (Å²) in [6, 6.07) is 18.2. The number of anilines is 1. The predicted octanol–water partition coefficient (Wildman–Crippen LogP) is 6.39. The van der Waals surface area contributed by atoms with Gasteiger partial charge >= 0.3 is 0 Å². The molecule has 4 aromatic rings. The monoisotopic (exact) mass is 538 g/mol. The largest absolute Gasteiger partial charge is 0.496 e. The van der Waals surface area contributed by atoms with E-state index in [-0.39, 0.29) is 12.1 Å². The molecular formula is C24H19BrN4O2S2. The third-order valence-corrected chi connectivity index (χ3v) is 7.79. The second kappa shape index (κ2) is 8.23. The highest BCUT2D eigenvalue weighted by Crippen LogP contribution is 2.52. The lowest BCUT2D eigenvalue weighted by molar-refractivity contribution is 0.218. The van der Waals surface area contributed by atoms with E-state index in [1.54, 1.807) is 18.4 Å². The predicted molar refractivity (Wildman–Crippen MR) is 135 cm³/mol. The molecule has 6 nitrogen and oxygen atoms in total. The smallest absolute Gasteiger partial charge is 0.227 e. The first kappa shape index (κ1) is 20.8. The molecule has 0 amide bonds. The number of halogens is 1. The lowest BCUT2D eigenvalue weighted by atomic mass is 9.86. The van der Waals surface area contributed by atoms with E-state index >= 15 is 0 Å². The molecule has 0 aliphatic carbocycles. The number of methoxy groups -OCH3 is 1. The van der Waals surface area contributed by atoms with Crippen LogP contribution < -0.4 is 14.8 Å². The first-order valence-corrected chi connectivity index (χ1v) is 13.2. The minimum atomic E-state index is -0.378. The first-order valence-electron chi connectivity index (χ1n) is 10.3. The maximum atomic E-state index is 6.70. The van der Waals surface area contributed by atoms with Crippen LogP contribution in [0.2, 0.25) is 0 Å². The van der Waals surface area contributed by atoms with E-state index < -0.39 is 0 Å². The zero-order chi connectivity index (χ0) is 22.5. The molecule has 0 bridgehead atoms. The molecule has 2 aromatic carbocycles. The van der Waals surface area contributed by atoms with E-state index in [9.17, 15) is 0 Å². The van der Waals surface area contributed by atoms with Crippen molar-refractivity contribution in [2.45, 2.75) is 17.3 Å². The second-order valence-corrected chi connectivity index (χ2v) is 10.3. The number of ether oxygens (including phenoxy) is 2. The second-order valence-electron chi connectivity index (χ2n) is 7.62. The van der Waals surface area contributed by atoms with Gasteiger partial charge in [0.15, 0.2) is 6.10 Å². The van der Waals surface area contributed by atoms with Crippen molar-refractivity contribution in [3.63, 3.8) is 0 Å². The van der Waals surface area contributed by atoms with Crippen molar-refractivity contribution < 1.29 is 9.47 Å². The molecule has 33 heavy (non-hydrogen) atoms. The van der Waals surface area contributed by atoms with E-state index in [1.165, 1.54) is 16.6 Å². The number of benzene rings is 2. The number of nitrogens with one attached hydrogen (secondary N) is 1. The minimum absolute atomic E-state index is 0.160. The van der Waals surface area contributed by atoms with Crippen LogP contribution in [0.3, 0.4) is 0 Å². The van der Waals surface area contributed by atoms with Gasteiger partial charge in [-0.2, -0.15) is 4.98 Å². The van der Waals surface area contributed by atoms with E-state index in [2.05, 4.69) is 50.9 Å². The molecule has 2 aliphatic rings. The molecule has 2 aliphatic heterocycles. The number of hydrogen-bond acceptors (Lipinski definition) is 7. The summed E-state index contributed by atoms with van der Waals surface area (Å²) in [7, 11) is 1.69. The number of nitrogens with zero attached hydrogens (tertiary/aromatic N) is 3. The fourth-order valence-corrected chi connectivity index (χ4v) is 5.99. The van der Waals surface area contributed by atoms with Crippen LogP contribution in [0, 0.1) is 0 Å². The van der Waals surface area contributed by atoms with Crippen molar-refractivity contribution in [1.82, 2.24) is 14.8 Å². The highest BCUT2D eigenvalue weighted by atomic mass is 79.9. The molecule has 0 unspecified atom stereocenters. The standard InChI is InChI=1S/C24H19BrN4O2S2/c1-30-16-10-9-13(25)12-15(16)22-19-20(14-6-3-4-7-17(14)31-22)26-23-27-24(32-2)28-29(23)21(19)18-8-5-11-33-18/h3-12,21-22H,1-2H3,(H,26,27,28)/t21-,22+/m0/s1. The summed E-state index contributed by atoms with van der Waals surface area (Å²) in [5, 5.41) is 11.2. The summed E-state index contributed by atoms with van der Waals surface area (Å²) >= 11 is 6.87. The summed E-state index contributed by atoms with van der Waals surface area (Å²) in [4.78, 5) is 5.91. The van der Waals surface area contributed by atoms with Gasteiger partial charge in [0.1, 0.15) is 17.5 Å². The van der Waals surface area contributed by atoms with E-state index in [4.69, 9.17) is 19.6 Å². The summed E-state index contributed by atoms with van der Waals surface area (Å²) < 4.78 is 15.4. The number of aromatic nitrogens is 3. The van der Waals surface area contributed by atoms with Crippen LogP contribution in [-0.2, 0) is 0 Å². The van der Waals surface area contributed by atoms with Crippen LogP contribution in [0.4, 0.5) is 5.95 Å². The zero-order valence-electron chi connectivity index (χ0n) is 17.8. The van der Waals surface area contributed by atoms with Gasteiger partial charge in [0.05, 0.1) is 12.8 Å². The number of rotatable bonds is 4. The molecule has 0 radical (unpaired) electrons. The average Bonchev–Trinajstić information content (AvgIpc) is 3.52. The molecule has 0 saturated heterocycles. The zero-order valence-corrected chi connectivity index (χ0v) is 21.0. The fourth-order valence-electron chi connectivity index (χ4n) is 4.43. The highest BCUT2D eigenvalue weighted by Gasteiger charge is 2.42. The third kappa shape index (κ3) is 3.37. The van der Waals surface area contributed by atoms with Gasteiger partial charge in [0.25, 0.3) is 0 Å². The average molecular weight is 539 g/mol. The molecule has 9 heteroatoms. The summed E-state index contributed by atoms with van der Waals surface area (Å²) in [6.07, 6.45) is 1.61. The fraction of sp³-hybridized carbons (Fsp3) is 0.167. The lowest BCUT2D eigenvalue weighted by Gasteiger charge is -2.38. The van der Waals surface area contributed by atoms with Crippen molar-refractivity contribution in [3.8, 4) is 11.5 Å². The Morgan fingerprint density at radius 1 is 1.18 bits per heavy atom. The Balaban J connectivity index is 1.65. The molecular weight excluding hydrogens is 520 g/mol. The third-order valence-electron chi connectivity index (χ3n) is 5.83. The Morgan fingerprint density at radius 3 is 2.85 bits per heavy atom. The Morgan fingerprint density at radius 2 is 2.06 bits per heavy atom. The lowest BCUT2D eigenvalue weighted by Crippen LogP contribution is -2.32. The molecule has 0 saturated carbocycles. The Labute approximate surface area is 207 Å². The number of thioether (sulfide) groups is 1. The maximum absolute atomic E-state index is 6.70. The number of thiophene rings is 1. The van der Waals surface area contributed by atoms with E-state index in [0.717, 1.165) is 49.5 Å². The molecule has 1 N–H and O–H groups in total. The SMILES string of the molecule is COc1ccc(Br)cc1[C@H]1Oc2ccccc2C2=C1[C@H](c1cccs1)n1nc(SC)nc1N2. The minimum Gasteiger partial charge on any atom is -0.496 e.